The number of nitrogens with one attached hydrogen (secondary N) is 1. The van der Waals surface area contributed by atoms with Gasteiger partial charge >= 0.3 is 6.09 Å². The van der Waals surface area contributed by atoms with Gasteiger partial charge in [-0.15, -0.1) is 0 Å². The zero-order valence-corrected chi connectivity index (χ0v) is 14.1. The summed E-state index contributed by atoms with van der Waals surface area (Å²) < 4.78 is 5.25. The molecule has 0 radical (unpaired) electrons. The predicted molar refractivity (Wildman–Crippen MR) is 90.3 cm³/mol. The Balaban J connectivity index is 1.78. The van der Waals surface area contributed by atoms with E-state index in [4.69, 9.17) is 10.00 Å². The summed E-state index contributed by atoms with van der Waals surface area (Å²) in [5, 5.41) is 11.8. The van der Waals surface area contributed by atoms with Gasteiger partial charge in [-0.25, -0.2) is 4.79 Å². The second-order valence-corrected chi connectivity index (χ2v) is 6.98. The minimum absolute atomic E-state index is 0.346. The lowest BCUT2D eigenvalue weighted by Crippen LogP contribution is -2.40. The Morgan fingerprint density at radius 2 is 2.09 bits per heavy atom. The summed E-state index contributed by atoms with van der Waals surface area (Å²) >= 11 is 0. The summed E-state index contributed by atoms with van der Waals surface area (Å²) in [6, 6.07) is 9.89. The average Bonchev–Trinajstić information content (AvgIpc) is 2.52. The van der Waals surface area contributed by atoms with Crippen LogP contribution in [0.25, 0.3) is 0 Å². The number of anilines is 1. The maximum atomic E-state index is 11.7. The van der Waals surface area contributed by atoms with Crippen molar-refractivity contribution < 1.29 is 9.53 Å². The Labute approximate surface area is 138 Å². The minimum atomic E-state index is -0.459. The number of nitrogens with zero attached hydrogens (tertiary/aromatic N) is 2. The Hall–Kier alpha value is -2.22. The highest BCUT2D eigenvalue weighted by atomic mass is 16.6. The molecule has 1 N–H and O–H groups in total. The predicted octanol–water partition coefficient (Wildman–Crippen LogP) is 3.30. The van der Waals surface area contributed by atoms with Crippen molar-refractivity contribution in [2.75, 3.05) is 24.5 Å². The first-order chi connectivity index (χ1) is 10.9. The molecule has 0 saturated carbocycles. The zero-order valence-electron chi connectivity index (χ0n) is 14.1. The van der Waals surface area contributed by atoms with Gasteiger partial charge in [0.05, 0.1) is 11.6 Å². The van der Waals surface area contributed by atoms with E-state index in [9.17, 15) is 4.79 Å². The molecule has 1 aromatic carbocycles. The van der Waals surface area contributed by atoms with Crippen LogP contribution < -0.4 is 10.2 Å². The summed E-state index contributed by atoms with van der Waals surface area (Å²) in [7, 11) is 0. The van der Waals surface area contributed by atoms with E-state index in [0.29, 0.717) is 18.0 Å². The lowest BCUT2D eigenvalue weighted by Gasteiger charge is -2.33. The normalized spacial score (nSPS) is 15.8. The first kappa shape index (κ1) is 17.1. The van der Waals surface area contributed by atoms with E-state index >= 15 is 0 Å². The molecule has 1 saturated heterocycles. The Morgan fingerprint density at radius 3 is 2.70 bits per heavy atom. The topological polar surface area (TPSA) is 65.4 Å². The van der Waals surface area contributed by atoms with Crippen LogP contribution in [0, 0.1) is 17.2 Å². The molecule has 1 aromatic rings. The fourth-order valence-corrected chi connectivity index (χ4v) is 2.71. The number of hydrogen-bond donors (Lipinski definition) is 1. The highest BCUT2D eigenvalue weighted by Gasteiger charge is 2.21. The maximum absolute atomic E-state index is 11.7. The van der Waals surface area contributed by atoms with Gasteiger partial charge < -0.3 is 15.0 Å². The van der Waals surface area contributed by atoms with Crippen molar-refractivity contribution in [1.82, 2.24) is 5.32 Å². The monoisotopic (exact) mass is 315 g/mol. The molecule has 1 aliphatic heterocycles. The Morgan fingerprint density at radius 1 is 1.39 bits per heavy atom. The molecule has 0 atom stereocenters. The number of hydrogen-bond acceptors (Lipinski definition) is 4. The molecule has 5 nitrogen and oxygen atoms in total. The van der Waals surface area contributed by atoms with E-state index in [2.05, 4.69) is 16.3 Å². The molecule has 1 amide bonds. The van der Waals surface area contributed by atoms with Crippen LogP contribution in [0.1, 0.15) is 39.2 Å². The molecular formula is C18H25N3O2. The van der Waals surface area contributed by atoms with Crippen LogP contribution in [0.2, 0.25) is 0 Å². The Bertz CT molecular complexity index is 579. The first-order valence-electron chi connectivity index (χ1n) is 8.09. The summed E-state index contributed by atoms with van der Waals surface area (Å²) in [5.74, 6) is 0.470. The number of amides is 1. The highest BCUT2D eigenvalue weighted by molar-refractivity contribution is 5.67. The van der Waals surface area contributed by atoms with Gasteiger partial charge in [0.1, 0.15) is 5.60 Å². The number of benzene rings is 1. The van der Waals surface area contributed by atoms with E-state index in [1.807, 2.05) is 45.0 Å². The van der Waals surface area contributed by atoms with E-state index < -0.39 is 5.60 Å². The molecule has 1 fully saturated rings. The fraction of sp³-hybridized carbons (Fsp3) is 0.556. The van der Waals surface area contributed by atoms with Gasteiger partial charge in [-0.3, -0.25) is 0 Å². The van der Waals surface area contributed by atoms with Crippen molar-refractivity contribution in [3.63, 3.8) is 0 Å². The number of piperidine rings is 1. The number of nitriles is 1. The molecule has 0 aromatic heterocycles. The summed E-state index contributed by atoms with van der Waals surface area (Å²) in [4.78, 5) is 14.0. The van der Waals surface area contributed by atoms with Crippen molar-refractivity contribution in [3.8, 4) is 6.07 Å². The zero-order chi connectivity index (χ0) is 16.9. The second kappa shape index (κ2) is 7.36. The lowest BCUT2D eigenvalue weighted by atomic mass is 9.96. The molecule has 2 rings (SSSR count). The van der Waals surface area contributed by atoms with Crippen molar-refractivity contribution in [2.24, 2.45) is 5.92 Å². The molecule has 0 spiro atoms. The third-order valence-corrected chi connectivity index (χ3v) is 3.89. The standard InChI is InChI=1S/C18H25N3O2/c1-18(2,3)23-17(22)20-13-14-7-9-21(10-8-14)16-6-4-5-15(11-16)12-19/h4-6,11,14H,7-10,13H2,1-3H3,(H,20,22). The van der Waals surface area contributed by atoms with Crippen LogP contribution in [0.3, 0.4) is 0 Å². The van der Waals surface area contributed by atoms with E-state index in [0.717, 1.165) is 31.6 Å². The Kier molecular flexibility index (Phi) is 5.49. The maximum Gasteiger partial charge on any atom is 0.407 e. The minimum Gasteiger partial charge on any atom is -0.444 e. The number of rotatable bonds is 3. The van der Waals surface area contributed by atoms with Crippen molar-refractivity contribution in [2.45, 2.75) is 39.2 Å². The molecule has 0 bridgehead atoms. The van der Waals surface area contributed by atoms with Crippen LogP contribution in [0.4, 0.5) is 10.5 Å². The third kappa shape index (κ3) is 5.48. The van der Waals surface area contributed by atoms with Crippen LogP contribution in [-0.4, -0.2) is 31.3 Å². The molecule has 23 heavy (non-hydrogen) atoms. The van der Waals surface area contributed by atoms with Gasteiger partial charge in [-0.1, -0.05) is 6.07 Å². The molecule has 0 unspecified atom stereocenters. The van der Waals surface area contributed by atoms with Gasteiger partial charge in [0.15, 0.2) is 0 Å². The smallest absolute Gasteiger partial charge is 0.407 e. The van der Waals surface area contributed by atoms with Crippen LogP contribution in [0.5, 0.6) is 0 Å². The SMILES string of the molecule is CC(C)(C)OC(=O)NCC1CCN(c2cccc(C#N)c2)CC1. The van der Waals surface area contributed by atoms with Gasteiger partial charge in [-0.05, 0) is 57.7 Å². The number of ether oxygens (including phenoxy) is 1. The average molecular weight is 315 g/mol. The van der Waals surface area contributed by atoms with Gasteiger partial charge in [0.2, 0.25) is 0 Å². The molecule has 0 aliphatic carbocycles. The summed E-state index contributed by atoms with van der Waals surface area (Å²) in [5.41, 5.74) is 1.33. The van der Waals surface area contributed by atoms with Gasteiger partial charge in [0, 0.05) is 25.3 Å². The van der Waals surface area contributed by atoms with E-state index in [-0.39, 0.29) is 6.09 Å². The van der Waals surface area contributed by atoms with Crippen LogP contribution in [-0.2, 0) is 4.74 Å². The number of carbonyl (C=O) groups excluding carboxylic acids is 1. The van der Waals surface area contributed by atoms with E-state index in [1.165, 1.54) is 0 Å². The quantitative estimate of drug-likeness (QED) is 0.929. The van der Waals surface area contributed by atoms with Crippen molar-refractivity contribution in [1.29, 1.82) is 5.26 Å². The molecule has 1 aliphatic rings. The largest absolute Gasteiger partial charge is 0.444 e. The first-order valence-corrected chi connectivity index (χ1v) is 8.09. The molecule has 5 heteroatoms. The summed E-state index contributed by atoms with van der Waals surface area (Å²) in [6.45, 7) is 8.12. The fourth-order valence-electron chi connectivity index (χ4n) is 2.71. The van der Waals surface area contributed by atoms with Crippen molar-refractivity contribution in [3.05, 3.63) is 29.8 Å². The van der Waals surface area contributed by atoms with Gasteiger partial charge in [-0.2, -0.15) is 5.26 Å². The van der Waals surface area contributed by atoms with Gasteiger partial charge in [0.25, 0.3) is 0 Å². The molecule has 124 valence electrons. The molecular weight excluding hydrogens is 290 g/mol. The lowest BCUT2D eigenvalue weighted by molar-refractivity contribution is 0.0517. The van der Waals surface area contributed by atoms with Crippen molar-refractivity contribution >= 4 is 11.8 Å². The molecule has 1 heterocycles. The third-order valence-electron chi connectivity index (χ3n) is 3.89. The summed E-state index contributed by atoms with van der Waals surface area (Å²) in [6.07, 6.45) is 1.70. The second-order valence-electron chi connectivity index (χ2n) is 6.98. The highest BCUT2D eigenvalue weighted by Crippen LogP contribution is 2.23. The van der Waals surface area contributed by atoms with E-state index in [1.54, 1.807) is 0 Å². The van der Waals surface area contributed by atoms with Crippen LogP contribution in [0.15, 0.2) is 24.3 Å². The van der Waals surface area contributed by atoms with Crippen LogP contribution >= 0.6 is 0 Å². The number of alkyl carbamates (subject to hydrolysis) is 1. The number of carbonyl (C=O) groups is 1.